The highest BCUT2D eigenvalue weighted by Crippen LogP contribution is 2.32. The summed E-state index contributed by atoms with van der Waals surface area (Å²) in [7, 11) is -1.78. The Morgan fingerprint density at radius 3 is 2.68 bits per heavy atom. The molecular formula is C13H13Cl2N3O3S. The van der Waals surface area contributed by atoms with Gasteiger partial charge in [0.2, 0.25) is 5.28 Å². The maximum Gasteiger partial charge on any atom is 0.224 e. The quantitative estimate of drug-likeness (QED) is 0.824. The van der Waals surface area contributed by atoms with Crippen LogP contribution >= 0.6 is 23.2 Å². The van der Waals surface area contributed by atoms with Gasteiger partial charge in [0.15, 0.2) is 15.7 Å². The van der Waals surface area contributed by atoms with E-state index >= 15 is 0 Å². The molecule has 1 aromatic heterocycles. The first kappa shape index (κ1) is 16.8. The van der Waals surface area contributed by atoms with Crippen LogP contribution in [0.15, 0.2) is 24.4 Å². The molecule has 0 amide bonds. The van der Waals surface area contributed by atoms with E-state index in [1.807, 2.05) is 0 Å². The molecule has 22 heavy (non-hydrogen) atoms. The molecule has 6 nitrogen and oxygen atoms in total. The van der Waals surface area contributed by atoms with Crippen LogP contribution in [0.4, 0.5) is 11.5 Å². The van der Waals surface area contributed by atoms with Gasteiger partial charge < -0.3 is 10.1 Å². The molecule has 1 heterocycles. The third-order valence-electron chi connectivity index (χ3n) is 2.73. The van der Waals surface area contributed by atoms with Crippen molar-refractivity contribution < 1.29 is 13.2 Å². The Morgan fingerprint density at radius 2 is 2.05 bits per heavy atom. The van der Waals surface area contributed by atoms with Crippen LogP contribution in [0.25, 0.3) is 0 Å². The van der Waals surface area contributed by atoms with Gasteiger partial charge in [0.25, 0.3) is 0 Å². The molecule has 2 aromatic rings. The van der Waals surface area contributed by atoms with Gasteiger partial charge in [0.05, 0.1) is 19.1 Å². The van der Waals surface area contributed by atoms with Crippen LogP contribution in [0.1, 0.15) is 5.56 Å². The number of rotatable bonds is 5. The van der Waals surface area contributed by atoms with Crippen LogP contribution in [-0.2, 0) is 15.6 Å². The predicted molar refractivity (Wildman–Crippen MR) is 86.9 cm³/mol. The number of anilines is 2. The van der Waals surface area contributed by atoms with Crippen LogP contribution in [0.2, 0.25) is 10.3 Å². The minimum absolute atomic E-state index is 0.0273. The van der Waals surface area contributed by atoms with Gasteiger partial charge in [-0.05, 0) is 23.7 Å². The fourth-order valence-corrected chi connectivity index (χ4v) is 2.94. The van der Waals surface area contributed by atoms with Crippen molar-refractivity contribution in [3.63, 3.8) is 0 Å². The lowest BCUT2D eigenvalue weighted by Gasteiger charge is -2.15. The Balaban J connectivity index is 2.48. The van der Waals surface area contributed by atoms with Gasteiger partial charge in [-0.2, -0.15) is 4.98 Å². The maximum atomic E-state index is 11.6. The number of aromatic nitrogens is 2. The SMILES string of the molecule is COc1cccc(Nc2nc(Cl)ncc2Cl)c1CS(C)(=O)=O. The van der Waals surface area contributed by atoms with E-state index in [-0.39, 0.29) is 21.9 Å². The molecule has 0 radical (unpaired) electrons. The van der Waals surface area contributed by atoms with Crippen molar-refractivity contribution in [1.29, 1.82) is 0 Å². The summed E-state index contributed by atoms with van der Waals surface area (Å²) in [5, 5.41) is 3.26. The van der Waals surface area contributed by atoms with Crippen molar-refractivity contribution in [1.82, 2.24) is 9.97 Å². The molecule has 0 bridgehead atoms. The van der Waals surface area contributed by atoms with Crippen molar-refractivity contribution in [3.8, 4) is 5.75 Å². The standard InChI is InChI=1S/C13H13Cl2N3O3S/c1-21-11-5-3-4-10(8(11)7-22(2,19)20)17-12-9(14)6-16-13(15)18-12/h3-6H,7H2,1-2H3,(H,16,17,18). The average molecular weight is 362 g/mol. The van der Waals surface area contributed by atoms with E-state index in [0.717, 1.165) is 6.26 Å². The third kappa shape index (κ3) is 4.22. The maximum absolute atomic E-state index is 11.6. The Kier molecular flexibility index (Phi) is 5.10. The molecule has 0 aliphatic heterocycles. The first-order valence-corrected chi connectivity index (χ1v) is 8.90. The molecule has 0 spiro atoms. The fraction of sp³-hybridized carbons (Fsp3) is 0.231. The third-order valence-corrected chi connectivity index (χ3v) is 4.00. The Hall–Kier alpha value is -1.57. The zero-order valence-corrected chi connectivity index (χ0v) is 14.1. The van der Waals surface area contributed by atoms with E-state index in [2.05, 4.69) is 15.3 Å². The number of hydrogen-bond acceptors (Lipinski definition) is 6. The van der Waals surface area contributed by atoms with Crippen molar-refractivity contribution in [3.05, 3.63) is 40.3 Å². The Morgan fingerprint density at radius 1 is 1.32 bits per heavy atom. The summed E-state index contributed by atoms with van der Waals surface area (Å²) in [5.74, 6) is 0.548. The minimum atomic E-state index is -3.25. The predicted octanol–water partition coefficient (Wildman–Crippen LogP) is 3.08. The fourth-order valence-electron chi connectivity index (χ4n) is 1.85. The van der Waals surface area contributed by atoms with E-state index in [4.69, 9.17) is 27.9 Å². The molecule has 118 valence electrons. The van der Waals surface area contributed by atoms with Gasteiger partial charge >= 0.3 is 0 Å². The number of nitrogens with one attached hydrogen (secondary N) is 1. The molecule has 0 saturated heterocycles. The van der Waals surface area contributed by atoms with Gasteiger partial charge in [-0.1, -0.05) is 17.7 Å². The summed E-state index contributed by atoms with van der Waals surface area (Å²) in [6, 6.07) is 5.11. The second-order valence-electron chi connectivity index (χ2n) is 4.52. The number of sulfone groups is 1. The lowest BCUT2D eigenvalue weighted by atomic mass is 10.1. The lowest BCUT2D eigenvalue weighted by molar-refractivity contribution is 0.411. The zero-order valence-electron chi connectivity index (χ0n) is 11.8. The first-order valence-electron chi connectivity index (χ1n) is 6.09. The van der Waals surface area contributed by atoms with Crippen molar-refractivity contribution in [2.24, 2.45) is 0 Å². The van der Waals surface area contributed by atoms with E-state index in [0.29, 0.717) is 17.0 Å². The lowest BCUT2D eigenvalue weighted by Crippen LogP contribution is -2.07. The molecular weight excluding hydrogens is 349 g/mol. The molecule has 0 atom stereocenters. The molecule has 0 aliphatic rings. The molecule has 0 saturated carbocycles. The largest absolute Gasteiger partial charge is 0.496 e. The van der Waals surface area contributed by atoms with Gasteiger partial charge in [-0.15, -0.1) is 0 Å². The number of hydrogen-bond donors (Lipinski definition) is 1. The Bertz CT molecular complexity index is 797. The molecule has 1 aromatic carbocycles. The summed E-state index contributed by atoms with van der Waals surface area (Å²) in [6.07, 6.45) is 2.51. The van der Waals surface area contributed by atoms with Gasteiger partial charge in [-0.3, -0.25) is 0 Å². The second kappa shape index (κ2) is 6.68. The van der Waals surface area contributed by atoms with Crippen LogP contribution in [-0.4, -0.2) is 31.8 Å². The monoisotopic (exact) mass is 361 g/mol. The van der Waals surface area contributed by atoms with Crippen molar-refractivity contribution >= 4 is 44.5 Å². The van der Waals surface area contributed by atoms with Crippen molar-refractivity contribution in [2.45, 2.75) is 5.75 Å². The van der Waals surface area contributed by atoms with Crippen molar-refractivity contribution in [2.75, 3.05) is 18.7 Å². The summed E-state index contributed by atoms with van der Waals surface area (Å²) < 4.78 is 28.5. The smallest absolute Gasteiger partial charge is 0.224 e. The van der Waals surface area contributed by atoms with E-state index in [1.54, 1.807) is 18.2 Å². The van der Waals surface area contributed by atoms with E-state index in [9.17, 15) is 8.42 Å². The average Bonchev–Trinajstić information content (AvgIpc) is 2.43. The molecule has 0 fully saturated rings. The first-order chi connectivity index (χ1) is 10.3. The normalized spacial score (nSPS) is 11.3. The number of nitrogens with zero attached hydrogens (tertiary/aromatic N) is 2. The molecule has 1 N–H and O–H groups in total. The highest BCUT2D eigenvalue weighted by Gasteiger charge is 2.16. The van der Waals surface area contributed by atoms with Gasteiger partial charge in [-0.25, -0.2) is 13.4 Å². The topological polar surface area (TPSA) is 81.2 Å². The summed E-state index contributed by atoms with van der Waals surface area (Å²) in [5.41, 5.74) is 1.000. The highest BCUT2D eigenvalue weighted by molar-refractivity contribution is 7.89. The van der Waals surface area contributed by atoms with Crippen LogP contribution in [0, 0.1) is 0 Å². The van der Waals surface area contributed by atoms with Crippen LogP contribution < -0.4 is 10.1 Å². The summed E-state index contributed by atoms with van der Waals surface area (Å²) >= 11 is 11.8. The molecule has 9 heteroatoms. The van der Waals surface area contributed by atoms with Gasteiger partial charge in [0.1, 0.15) is 10.8 Å². The zero-order chi connectivity index (χ0) is 16.3. The minimum Gasteiger partial charge on any atom is -0.496 e. The summed E-state index contributed by atoms with van der Waals surface area (Å²) in [6.45, 7) is 0. The highest BCUT2D eigenvalue weighted by atomic mass is 35.5. The number of ether oxygens (including phenoxy) is 1. The Labute approximate surface area is 138 Å². The molecule has 0 aliphatic carbocycles. The number of halogens is 2. The molecule has 2 rings (SSSR count). The molecule has 0 unspecified atom stereocenters. The number of methoxy groups -OCH3 is 1. The van der Waals surface area contributed by atoms with E-state index < -0.39 is 9.84 Å². The van der Waals surface area contributed by atoms with E-state index in [1.165, 1.54) is 13.3 Å². The second-order valence-corrected chi connectivity index (χ2v) is 7.40. The van der Waals surface area contributed by atoms with Crippen LogP contribution in [0.3, 0.4) is 0 Å². The number of benzene rings is 1. The van der Waals surface area contributed by atoms with Gasteiger partial charge in [0, 0.05) is 17.5 Å². The van der Waals surface area contributed by atoms with Crippen LogP contribution in [0.5, 0.6) is 5.75 Å². The summed E-state index contributed by atoms with van der Waals surface area (Å²) in [4.78, 5) is 7.74.